The Bertz CT molecular complexity index is 1080. The average molecular weight is 412 g/mol. The summed E-state index contributed by atoms with van der Waals surface area (Å²) < 4.78 is 57.5. The Morgan fingerprint density at radius 1 is 0.889 bits per heavy atom. The molecule has 144 valence electrons. The number of nitrogens with zero attached hydrogens (tertiary/aromatic N) is 2. The van der Waals surface area contributed by atoms with Crippen LogP contribution in [0.2, 0.25) is 0 Å². The van der Waals surface area contributed by atoms with E-state index in [4.69, 9.17) is 4.74 Å². The van der Waals surface area contributed by atoms with Crippen LogP contribution >= 0.6 is 0 Å². The molecule has 2 aromatic carbocycles. The van der Waals surface area contributed by atoms with Crippen molar-refractivity contribution >= 4 is 25.5 Å². The van der Waals surface area contributed by atoms with Gasteiger partial charge in [0.2, 0.25) is 19.9 Å². The van der Waals surface area contributed by atoms with Gasteiger partial charge in [-0.3, -0.25) is 10.1 Å². The van der Waals surface area contributed by atoms with Gasteiger partial charge in [-0.1, -0.05) is 12.1 Å². The molecular formula is C16H16N2O7S2. The SMILES string of the molecule is O=[N+]([O-])c1cccc(S(=O)(=O)c2cccc(S(=O)(=O)N3CCOCC3)c2)c1. The molecule has 1 aliphatic rings. The van der Waals surface area contributed by atoms with Crippen LogP contribution in [0.15, 0.2) is 63.2 Å². The van der Waals surface area contributed by atoms with Crippen molar-refractivity contribution in [2.24, 2.45) is 0 Å². The summed E-state index contributed by atoms with van der Waals surface area (Å²) in [5, 5.41) is 10.9. The number of rotatable bonds is 5. The zero-order valence-corrected chi connectivity index (χ0v) is 15.6. The maximum atomic E-state index is 12.8. The third kappa shape index (κ3) is 3.86. The summed E-state index contributed by atoms with van der Waals surface area (Å²) in [6, 6.07) is 9.59. The lowest BCUT2D eigenvalue weighted by atomic mass is 10.3. The largest absolute Gasteiger partial charge is 0.379 e. The van der Waals surface area contributed by atoms with Crippen molar-refractivity contribution in [1.29, 1.82) is 0 Å². The molecule has 1 heterocycles. The second kappa shape index (κ2) is 7.35. The number of sulfone groups is 1. The summed E-state index contributed by atoms with van der Waals surface area (Å²) in [6.45, 7) is 0.907. The molecule has 2 aromatic rings. The number of nitro groups is 1. The topological polar surface area (TPSA) is 124 Å². The van der Waals surface area contributed by atoms with Gasteiger partial charge in [-0.05, 0) is 24.3 Å². The molecule has 0 saturated carbocycles. The molecule has 0 amide bonds. The fourth-order valence-electron chi connectivity index (χ4n) is 2.64. The monoisotopic (exact) mass is 412 g/mol. The lowest BCUT2D eigenvalue weighted by molar-refractivity contribution is -0.385. The highest BCUT2D eigenvalue weighted by molar-refractivity contribution is 7.91. The van der Waals surface area contributed by atoms with Gasteiger partial charge in [-0.25, -0.2) is 16.8 Å². The normalized spacial score (nSPS) is 16.1. The lowest BCUT2D eigenvalue weighted by Gasteiger charge is -2.26. The Balaban J connectivity index is 2.02. The van der Waals surface area contributed by atoms with Gasteiger partial charge >= 0.3 is 0 Å². The van der Waals surface area contributed by atoms with Gasteiger partial charge in [0, 0.05) is 25.2 Å². The Morgan fingerprint density at radius 3 is 2.07 bits per heavy atom. The first kappa shape index (κ1) is 19.4. The maximum Gasteiger partial charge on any atom is 0.270 e. The van der Waals surface area contributed by atoms with E-state index >= 15 is 0 Å². The third-order valence-electron chi connectivity index (χ3n) is 4.06. The molecule has 0 N–H and O–H groups in total. The molecule has 27 heavy (non-hydrogen) atoms. The van der Waals surface area contributed by atoms with Crippen LogP contribution in [0.5, 0.6) is 0 Å². The second-order valence-corrected chi connectivity index (χ2v) is 9.64. The molecule has 0 bridgehead atoms. The smallest absolute Gasteiger partial charge is 0.270 e. The van der Waals surface area contributed by atoms with Crippen LogP contribution < -0.4 is 0 Å². The molecule has 1 saturated heterocycles. The number of non-ortho nitro benzene ring substituents is 1. The van der Waals surface area contributed by atoms with Crippen molar-refractivity contribution in [3.63, 3.8) is 0 Å². The van der Waals surface area contributed by atoms with E-state index in [-0.39, 0.29) is 46.7 Å². The van der Waals surface area contributed by atoms with Crippen molar-refractivity contribution in [2.45, 2.75) is 14.7 Å². The zero-order chi connectivity index (χ0) is 19.7. The van der Waals surface area contributed by atoms with Gasteiger partial charge in [0.15, 0.2) is 0 Å². The van der Waals surface area contributed by atoms with Crippen molar-refractivity contribution in [3.8, 4) is 0 Å². The highest BCUT2D eigenvalue weighted by Crippen LogP contribution is 2.27. The van der Waals surface area contributed by atoms with Crippen molar-refractivity contribution in [1.82, 2.24) is 4.31 Å². The van der Waals surface area contributed by atoms with E-state index in [1.165, 1.54) is 40.7 Å². The highest BCUT2D eigenvalue weighted by Gasteiger charge is 2.28. The lowest BCUT2D eigenvalue weighted by Crippen LogP contribution is -2.40. The first-order chi connectivity index (χ1) is 12.7. The minimum absolute atomic E-state index is 0.157. The second-order valence-electron chi connectivity index (χ2n) is 5.75. The van der Waals surface area contributed by atoms with E-state index in [9.17, 15) is 26.9 Å². The van der Waals surface area contributed by atoms with Gasteiger partial charge in [-0.2, -0.15) is 4.31 Å². The van der Waals surface area contributed by atoms with E-state index in [2.05, 4.69) is 0 Å². The minimum Gasteiger partial charge on any atom is -0.379 e. The Hall–Kier alpha value is -2.34. The van der Waals surface area contributed by atoms with Gasteiger partial charge < -0.3 is 4.74 Å². The van der Waals surface area contributed by atoms with E-state index in [0.717, 1.165) is 12.1 Å². The molecule has 1 fully saturated rings. The number of nitro benzene ring substituents is 1. The number of ether oxygens (including phenoxy) is 1. The third-order valence-corrected chi connectivity index (χ3v) is 7.71. The molecule has 9 nitrogen and oxygen atoms in total. The molecule has 0 spiro atoms. The van der Waals surface area contributed by atoms with Gasteiger partial charge in [0.25, 0.3) is 5.69 Å². The zero-order valence-electron chi connectivity index (χ0n) is 14.0. The predicted molar refractivity (Wildman–Crippen MR) is 94.6 cm³/mol. The van der Waals surface area contributed by atoms with Crippen molar-refractivity contribution in [2.75, 3.05) is 26.3 Å². The van der Waals surface area contributed by atoms with Crippen LogP contribution in [0.3, 0.4) is 0 Å². The molecule has 3 rings (SSSR count). The summed E-state index contributed by atoms with van der Waals surface area (Å²) in [5.41, 5.74) is -0.367. The van der Waals surface area contributed by atoms with Crippen LogP contribution in [0.1, 0.15) is 0 Å². The van der Waals surface area contributed by atoms with Crippen molar-refractivity contribution in [3.05, 3.63) is 58.6 Å². The minimum atomic E-state index is -4.12. The van der Waals surface area contributed by atoms with Gasteiger partial charge in [0.05, 0.1) is 32.8 Å². The van der Waals surface area contributed by atoms with E-state index in [0.29, 0.717) is 0 Å². The van der Waals surface area contributed by atoms with Gasteiger partial charge in [-0.15, -0.1) is 0 Å². The maximum absolute atomic E-state index is 12.8. The van der Waals surface area contributed by atoms with E-state index in [1.54, 1.807) is 0 Å². The van der Waals surface area contributed by atoms with E-state index < -0.39 is 24.8 Å². The van der Waals surface area contributed by atoms with Crippen LogP contribution in [-0.4, -0.2) is 52.4 Å². The Labute approximate surface area is 156 Å². The van der Waals surface area contributed by atoms with Crippen molar-refractivity contribution < 1.29 is 26.5 Å². The number of morpholine rings is 1. The Kier molecular flexibility index (Phi) is 5.29. The summed E-state index contributed by atoms with van der Waals surface area (Å²) in [5.74, 6) is 0. The highest BCUT2D eigenvalue weighted by atomic mass is 32.2. The molecule has 11 heteroatoms. The average Bonchev–Trinajstić information content (AvgIpc) is 2.69. The van der Waals surface area contributed by atoms with Crippen LogP contribution in [0.4, 0.5) is 5.69 Å². The molecular weight excluding hydrogens is 396 g/mol. The van der Waals surface area contributed by atoms with Crippen LogP contribution in [0, 0.1) is 10.1 Å². The summed E-state index contributed by atoms with van der Waals surface area (Å²) in [7, 11) is -7.99. The van der Waals surface area contributed by atoms with Gasteiger partial charge in [0.1, 0.15) is 0 Å². The number of hydrogen-bond donors (Lipinski definition) is 0. The molecule has 0 aliphatic carbocycles. The fraction of sp³-hybridized carbons (Fsp3) is 0.250. The first-order valence-electron chi connectivity index (χ1n) is 7.90. The summed E-state index contributed by atoms with van der Waals surface area (Å²) in [6.07, 6.45) is 0. The summed E-state index contributed by atoms with van der Waals surface area (Å²) in [4.78, 5) is 9.51. The molecule has 0 atom stereocenters. The fourth-order valence-corrected chi connectivity index (χ4v) is 5.51. The standard InChI is InChI=1S/C16H16N2O7S2/c19-18(20)13-3-1-4-14(11-13)26(21,22)15-5-2-6-16(12-15)27(23,24)17-7-9-25-10-8-17/h1-6,11-12H,7-10H2. The van der Waals surface area contributed by atoms with Crippen LogP contribution in [0.25, 0.3) is 0 Å². The Morgan fingerprint density at radius 2 is 1.44 bits per heavy atom. The summed E-state index contributed by atoms with van der Waals surface area (Å²) >= 11 is 0. The van der Waals surface area contributed by atoms with Crippen LogP contribution in [-0.2, 0) is 24.6 Å². The number of sulfonamides is 1. The molecule has 0 radical (unpaired) electrons. The number of hydrogen-bond acceptors (Lipinski definition) is 7. The predicted octanol–water partition coefficient (Wildman–Crippen LogP) is 1.45. The molecule has 0 aromatic heterocycles. The van der Waals surface area contributed by atoms with E-state index in [1.807, 2.05) is 0 Å². The molecule has 0 unspecified atom stereocenters. The number of benzene rings is 2. The molecule has 1 aliphatic heterocycles. The first-order valence-corrected chi connectivity index (χ1v) is 10.8. The quantitative estimate of drug-likeness (QED) is 0.538.